The van der Waals surface area contributed by atoms with Gasteiger partial charge in [0, 0.05) is 12.5 Å². The van der Waals surface area contributed by atoms with Gasteiger partial charge in [0.05, 0.1) is 0 Å². The zero-order chi connectivity index (χ0) is 19.6. The molecule has 1 aromatic carbocycles. The van der Waals surface area contributed by atoms with E-state index in [0.717, 1.165) is 18.4 Å². The molecule has 0 fully saturated rings. The normalized spacial score (nSPS) is 12.3. The SMILES string of the molecule is CCCCCCCCCCCCCC(CC(N)=O)NC=Cc1ccccc1. The summed E-state index contributed by atoms with van der Waals surface area (Å²) >= 11 is 0. The number of unbranched alkanes of at least 4 members (excludes halogenated alkanes) is 10. The Labute approximate surface area is 166 Å². The molecule has 0 saturated heterocycles. The number of nitrogens with one attached hydrogen (secondary N) is 1. The Hall–Kier alpha value is -1.77. The number of carbonyl (C=O) groups is 1. The van der Waals surface area contributed by atoms with Gasteiger partial charge in [-0.3, -0.25) is 4.79 Å². The predicted octanol–water partition coefficient (Wildman–Crippen LogP) is 6.19. The molecule has 152 valence electrons. The number of benzene rings is 1. The van der Waals surface area contributed by atoms with Crippen molar-refractivity contribution in [3.05, 3.63) is 42.1 Å². The van der Waals surface area contributed by atoms with E-state index in [2.05, 4.69) is 24.4 Å². The topological polar surface area (TPSA) is 55.1 Å². The minimum absolute atomic E-state index is 0.140. The minimum atomic E-state index is -0.233. The molecule has 27 heavy (non-hydrogen) atoms. The van der Waals surface area contributed by atoms with E-state index < -0.39 is 0 Å². The monoisotopic (exact) mass is 372 g/mol. The van der Waals surface area contributed by atoms with Crippen molar-refractivity contribution in [2.24, 2.45) is 5.73 Å². The lowest BCUT2D eigenvalue weighted by Gasteiger charge is -2.15. The number of rotatable bonds is 17. The third-order valence-corrected chi connectivity index (χ3v) is 5.01. The van der Waals surface area contributed by atoms with E-state index in [9.17, 15) is 4.79 Å². The van der Waals surface area contributed by atoms with E-state index in [1.54, 1.807) is 0 Å². The number of amides is 1. The van der Waals surface area contributed by atoms with Gasteiger partial charge in [-0.25, -0.2) is 0 Å². The summed E-state index contributed by atoms with van der Waals surface area (Å²) in [5.41, 5.74) is 6.55. The molecule has 0 aliphatic rings. The molecule has 1 aromatic rings. The first-order valence-corrected chi connectivity index (χ1v) is 11.0. The first-order valence-electron chi connectivity index (χ1n) is 11.0. The molecule has 0 aliphatic carbocycles. The fourth-order valence-electron chi connectivity index (χ4n) is 3.39. The Bertz CT molecular complexity index is 498. The molecule has 1 rings (SSSR count). The molecule has 0 spiro atoms. The highest BCUT2D eigenvalue weighted by Gasteiger charge is 2.09. The van der Waals surface area contributed by atoms with Gasteiger partial charge in [-0.05, 0) is 24.3 Å². The van der Waals surface area contributed by atoms with E-state index >= 15 is 0 Å². The maximum absolute atomic E-state index is 11.3. The second kappa shape index (κ2) is 16.4. The Kier molecular flexibility index (Phi) is 14.1. The highest BCUT2D eigenvalue weighted by Crippen LogP contribution is 2.13. The molecule has 0 bridgehead atoms. The largest absolute Gasteiger partial charge is 0.388 e. The molecule has 0 saturated carbocycles. The summed E-state index contributed by atoms with van der Waals surface area (Å²) in [5.74, 6) is -0.233. The second-order valence-corrected chi connectivity index (χ2v) is 7.60. The molecule has 0 aliphatic heterocycles. The number of primary amides is 1. The van der Waals surface area contributed by atoms with E-state index in [1.807, 2.05) is 30.5 Å². The van der Waals surface area contributed by atoms with Crippen LogP contribution in [0.1, 0.15) is 96.0 Å². The molecule has 3 heteroatoms. The molecule has 3 nitrogen and oxygen atoms in total. The Morgan fingerprint density at radius 1 is 0.926 bits per heavy atom. The van der Waals surface area contributed by atoms with Crippen LogP contribution < -0.4 is 11.1 Å². The molecule has 1 amide bonds. The van der Waals surface area contributed by atoms with Crippen LogP contribution >= 0.6 is 0 Å². The Morgan fingerprint density at radius 3 is 2.04 bits per heavy atom. The van der Waals surface area contributed by atoms with Crippen LogP contribution in [0.15, 0.2) is 36.5 Å². The third-order valence-electron chi connectivity index (χ3n) is 5.01. The summed E-state index contributed by atoms with van der Waals surface area (Å²) in [6.45, 7) is 2.27. The van der Waals surface area contributed by atoms with Gasteiger partial charge in [0.1, 0.15) is 0 Å². The lowest BCUT2D eigenvalue weighted by atomic mass is 10.0. The minimum Gasteiger partial charge on any atom is -0.388 e. The van der Waals surface area contributed by atoms with Gasteiger partial charge < -0.3 is 11.1 Å². The van der Waals surface area contributed by atoms with Gasteiger partial charge in [-0.2, -0.15) is 0 Å². The van der Waals surface area contributed by atoms with Crippen molar-refractivity contribution in [3.8, 4) is 0 Å². The van der Waals surface area contributed by atoms with Gasteiger partial charge in [0.15, 0.2) is 0 Å². The first-order chi connectivity index (χ1) is 13.2. The highest BCUT2D eigenvalue weighted by molar-refractivity contribution is 5.74. The standard InChI is InChI=1S/C24H40N2O/c1-2-3-4-5-6-7-8-9-10-11-15-18-23(21-24(25)27)26-20-19-22-16-13-12-14-17-22/h12-14,16-17,19-20,23,26H,2-11,15,18,21H2,1H3,(H2,25,27). The van der Waals surface area contributed by atoms with Crippen LogP contribution in [0.3, 0.4) is 0 Å². The molecule has 1 unspecified atom stereocenters. The maximum Gasteiger partial charge on any atom is 0.219 e. The van der Waals surface area contributed by atoms with Gasteiger partial charge in [-0.15, -0.1) is 0 Å². The van der Waals surface area contributed by atoms with Gasteiger partial charge >= 0.3 is 0 Å². The smallest absolute Gasteiger partial charge is 0.219 e. The molecule has 1 atom stereocenters. The summed E-state index contributed by atoms with van der Waals surface area (Å²) in [5, 5.41) is 3.35. The van der Waals surface area contributed by atoms with Crippen molar-refractivity contribution in [2.75, 3.05) is 0 Å². The number of hydrogen-bond donors (Lipinski definition) is 2. The van der Waals surface area contributed by atoms with Gasteiger partial charge in [0.2, 0.25) is 5.91 Å². The zero-order valence-electron chi connectivity index (χ0n) is 17.3. The van der Waals surface area contributed by atoms with Crippen LogP contribution in [0.5, 0.6) is 0 Å². The van der Waals surface area contributed by atoms with Crippen molar-refractivity contribution in [3.63, 3.8) is 0 Å². The Balaban J connectivity index is 2.10. The lowest BCUT2D eigenvalue weighted by molar-refractivity contribution is -0.118. The van der Waals surface area contributed by atoms with Crippen molar-refractivity contribution in [2.45, 2.75) is 96.4 Å². The fourth-order valence-corrected chi connectivity index (χ4v) is 3.39. The molecular weight excluding hydrogens is 332 g/mol. The van der Waals surface area contributed by atoms with Crippen LogP contribution in [0.25, 0.3) is 6.08 Å². The number of hydrogen-bond acceptors (Lipinski definition) is 2. The fraction of sp³-hybridized carbons (Fsp3) is 0.625. The Morgan fingerprint density at radius 2 is 1.48 bits per heavy atom. The summed E-state index contributed by atoms with van der Waals surface area (Å²) in [6, 6.07) is 10.3. The van der Waals surface area contributed by atoms with Crippen LogP contribution in [0, 0.1) is 0 Å². The molecule has 0 aromatic heterocycles. The van der Waals surface area contributed by atoms with Crippen molar-refractivity contribution < 1.29 is 4.79 Å². The average molecular weight is 373 g/mol. The maximum atomic E-state index is 11.3. The van der Waals surface area contributed by atoms with Crippen molar-refractivity contribution >= 4 is 12.0 Å². The second-order valence-electron chi connectivity index (χ2n) is 7.60. The predicted molar refractivity (Wildman–Crippen MR) is 117 cm³/mol. The number of nitrogens with two attached hydrogens (primary N) is 1. The quantitative estimate of drug-likeness (QED) is 0.320. The summed E-state index contributed by atoms with van der Waals surface area (Å²) in [4.78, 5) is 11.3. The van der Waals surface area contributed by atoms with Gasteiger partial charge in [0.25, 0.3) is 0 Å². The van der Waals surface area contributed by atoms with Crippen LogP contribution in [0.2, 0.25) is 0 Å². The number of carbonyl (C=O) groups excluding carboxylic acids is 1. The molecular formula is C24H40N2O. The molecule has 0 heterocycles. The van der Waals surface area contributed by atoms with Gasteiger partial charge in [-0.1, -0.05) is 108 Å². The summed E-state index contributed by atoms with van der Waals surface area (Å²) < 4.78 is 0. The van der Waals surface area contributed by atoms with Crippen LogP contribution in [-0.4, -0.2) is 11.9 Å². The zero-order valence-corrected chi connectivity index (χ0v) is 17.3. The first kappa shape index (κ1) is 23.3. The van der Waals surface area contributed by atoms with Crippen LogP contribution in [0.4, 0.5) is 0 Å². The third kappa shape index (κ3) is 14.0. The average Bonchev–Trinajstić information content (AvgIpc) is 2.66. The molecule has 0 radical (unpaired) electrons. The van der Waals surface area contributed by atoms with E-state index in [1.165, 1.54) is 64.2 Å². The summed E-state index contributed by atoms with van der Waals surface area (Å²) in [7, 11) is 0. The van der Waals surface area contributed by atoms with Crippen LogP contribution in [-0.2, 0) is 4.79 Å². The van der Waals surface area contributed by atoms with Crippen molar-refractivity contribution in [1.29, 1.82) is 0 Å². The highest BCUT2D eigenvalue weighted by atomic mass is 16.1. The molecule has 3 N–H and O–H groups in total. The lowest BCUT2D eigenvalue weighted by Crippen LogP contribution is -2.30. The van der Waals surface area contributed by atoms with Crippen molar-refractivity contribution in [1.82, 2.24) is 5.32 Å². The van der Waals surface area contributed by atoms with E-state index in [4.69, 9.17) is 5.73 Å². The van der Waals surface area contributed by atoms with E-state index in [0.29, 0.717) is 6.42 Å². The van der Waals surface area contributed by atoms with E-state index in [-0.39, 0.29) is 11.9 Å². The summed E-state index contributed by atoms with van der Waals surface area (Å²) in [6.07, 6.45) is 20.1.